The zero-order valence-electron chi connectivity index (χ0n) is 17.6. The molecule has 0 N–H and O–H groups in total. The number of aromatic nitrogens is 5. The molecule has 0 radical (unpaired) electrons. The van der Waals surface area contributed by atoms with Gasteiger partial charge in [0.15, 0.2) is 11.5 Å². The van der Waals surface area contributed by atoms with Gasteiger partial charge in [-0.15, -0.1) is 10.2 Å². The molecule has 0 aliphatic carbocycles. The molecule has 0 aliphatic rings. The number of benzene rings is 2. The molecule has 0 amide bonds. The van der Waals surface area contributed by atoms with Gasteiger partial charge in [0.2, 0.25) is 11.7 Å². The third-order valence-electron chi connectivity index (χ3n) is 5.03. The zero-order chi connectivity index (χ0) is 22.1. The molecule has 2 aromatic carbocycles. The Labute approximate surface area is 183 Å². The second-order valence-electron chi connectivity index (χ2n) is 6.81. The molecule has 32 heavy (non-hydrogen) atoms. The van der Waals surface area contributed by atoms with Crippen LogP contribution >= 0.6 is 0 Å². The summed E-state index contributed by atoms with van der Waals surface area (Å²) in [5.41, 5.74) is 2.91. The highest BCUT2D eigenvalue weighted by molar-refractivity contribution is 5.78. The van der Waals surface area contributed by atoms with Crippen molar-refractivity contribution in [1.82, 2.24) is 24.6 Å². The summed E-state index contributed by atoms with van der Waals surface area (Å²) in [6.45, 7) is 0. The van der Waals surface area contributed by atoms with Gasteiger partial charge in [0, 0.05) is 23.5 Å². The second kappa shape index (κ2) is 8.03. The number of ether oxygens (including phenoxy) is 3. The lowest BCUT2D eigenvalue weighted by Crippen LogP contribution is -1.91. The summed E-state index contributed by atoms with van der Waals surface area (Å²) in [6, 6.07) is 14.8. The molecule has 9 nitrogen and oxygen atoms in total. The Kier molecular flexibility index (Phi) is 4.91. The SMILES string of the molecule is COc1ccc(-c2nc3ncccn3c2-c2nnc(-c3ccc(OC)c(OC)c3)o2)cc1. The molecule has 0 atom stereocenters. The maximum atomic E-state index is 6.07. The molecule has 0 fully saturated rings. The molecule has 0 saturated carbocycles. The number of hydrogen-bond donors (Lipinski definition) is 0. The quantitative estimate of drug-likeness (QED) is 0.397. The number of nitrogens with zero attached hydrogens (tertiary/aromatic N) is 5. The minimum Gasteiger partial charge on any atom is -0.497 e. The topological polar surface area (TPSA) is 96.8 Å². The van der Waals surface area contributed by atoms with Gasteiger partial charge in [-0.2, -0.15) is 0 Å². The van der Waals surface area contributed by atoms with Crippen LogP contribution in [0.1, 0.15) is 0 Å². The molecule has 160 valence electrons. The lowest BCUT2D eigenvalue weighted by molar-refractivity contribution is 0.355. The molecule has 0 aliphatic heterocycles. The van der Waals surface area contributed by atoms with E-state index in [9.17, 15) is 0 Å². The summed E-state index contributed by atoms with van der Waals surface area (Å²) >= 11 is 0. The van der Waals surface area contributed by atoms with Crippen LogP contribution in [0.25, 0.3) is 40.1 Å². The van der Waals surface area contributed by atoms with Crippen molar-refractivity contribution in [3.8, 4) is 51.5 Å². The van der Waals surface area contributed by atoms with E-state index in [0.717, 1.165) is 11.3 Å². The minimum atomic E-state index is 0.320. The molecule has 3 aromatic heterocycles. The highest BCUT2D eigenvalue weighted by Crippen LogP contribution is 2.36. The predicted molar refractivity (Wildman–Crippen MR) is 117 cm³/mol. The highest BCUT2D eigenvalue weighted by Gasteiger charge is 2.22. The van der Waals surface area contributed by atoms with E-state index in [1.807, 2.05) is 47.0 Å². The van der Waals surface area contributed by atoms with E-state index >= 15 is 0 Å². The molecule has 3 heterocycles. The van der Waals surface area contributed by atoms with Crippen molar-refractivity contribution in [3.05, 3.63) is 60.9 Å². The lowest BCUT2D eigenvalue weighted by Gasteiger charge is -2.07. The molecule has 0 spiro atoms. The number of rotatable bonds is 6. The Morgan fingerprint density at radius 3 is 2.31 bits per heavy atom. The van der Waals surface area contributed by atoms with Crippen LogP contribution in [0.2, 0.25) is 0 Å². The van der Waals surface area contributed by atoms with Gasteiger partial charge in [0.25, 0.3) is 5.89 Å². The second-order valence-corrected chi connectivity index (χ2v) is 6.81. The van der Waals surface area contributed by atoms with E-state index in [0.29, 0.717) is 46.0 Å². The molecular formula is C23H19N5O4. The zero-order valence-corrected chi connectivity index (χ0v) is 17.6. The van der Waals surface area contributed by atoms with Crippen LogP contribution in [0.5, 0.6) is 17.2 Å². The number of methoxy groups -OCH3 is 3. The number of fused-ring (bicyclic) bond motifs is 1. The number of imidazole rings is 1. The van der Waals surface area contributed by atoms with Crippen LogP contribution in [-0.4, -0.2) is 45.9 Å². The minimum absolute atomic E-state index is 0.320. The van der Waals surface area contributed by atoms with Crippen LogP contribution in [0, 0.1) is 0 Å². The average molecular weight is 429 g/mol. The Morgan fingerprint density at radius 2 is 1.56 bits per heavy atom. The molecule has 5 rings (SSSR count). The van der Waals surface area contributed by atoms with E-state index in [4.69, 9.17) is 23.6 Å². The molecule has 0 unspecified atom stereocenters. The Bertz CT molecular complexity index is 1390. The van der Waals surface area contributed by atoms with Crippen LogP contribution in [0.15, 0.2) is 65.3 Å². The number of hydrogen-bond acceptors (Lipinski definition) is 8. The summed E-state index contributed by atoms with van der Waals surface area (Å²) in [5.74, 6) is 3.14. The van der Waals surface area contributed by atoms with Gasteiger partial charge < -0.3 is 18.6 Å². The molecule has 0 bridgehead atoms. The van der Waals surface area contributed by atoms with Gasteiger partial charge in [-0.3, -0.25) is 4.40 Å². The largest absolute Gasteiger partial charge is 0.497 e. The molecular weight excluding hydrogens is 410 g/mol. The fourth-order valence-corrected chi connectivity index (χ4v) is 3.45. The van der Waals surface area contributed by atoms with Crippen molar-refractivity contribution in [1.29, 1.82) is 0 Å². The van der Waals surface area contributed by atoms with E-state index in [1.165, 1.54) is 0 Å². The summed E-state index contributed by atoms with van der Waals surface area (Å²) in [5, 5.41) is 8.55. The highest BCUT2D eigenvalue weighted by atomic mass is 16.5. The van der Waals surface area contributed by atoms with Crippen molar-refractivity contribution < 1.29 is 18.6 Å². The summed E-state index contributed by atoms with van der Waals surface area (Å²) < 4.78 is 23.8. The van der Waals surface area contributed by atoms with Crippen molar-refractivity contribution in [2.75, 3.05) is 21.3 Å². The standard InChI is InChI=1S/C23H19N5O4/c1-29-16-8-5-14(6-9-16)19-20(28-12-4-11-24-23(28)25-19)22-27-26-21(32-22)15-7-10-17(30-2)18(13-15)31-3/h4-13H,1-3H3. The first-order chi connectivity index (χ1) is 15.7. The van der Waals surface area contributed by atoms with Crippen LogP contribution < -0.4 is 14.2 Å². The van der Waals surface area contributed by atoms with Gasteiger partial charge in [-0.1, -0.05) is 0 Å². The van der Waals surface area contributed by atoms with Crippen molar-refractivity contribution in [3.63, 3.8) is 0 Å². The van der Waals surface area contributed by atoms with E-state index in [1.54, 1.807) is 39.7 Å². The van der Waals surface area contributed by atoms with Gasteiger partial charge >= 0.3 is 0 Å². The average Bonchev–Trinajstić information content (AvgIpc) is 3.48. The van der Waals surface area contributed by atoms with Gasteiger partial charge in [0.05, 0.1) is 21.3 Å². The first-order valence-electron chi connectivity index (χ1n) is 9.75. The first kappa shape index (κ1) is 19.6. The maximum Gasteiger partial charge on any atom is 0.267 e. The van der Waals surface area contributed by atoms with E-state index in [-0.39, 0.29) is 0 Å². The van der Waals surface area contributed by atoms with Crippen LogP contribution in [-0.2, 0) is 0 Å². The fraction of sp³-hybridized carbons (Fsp3) is 0.130. The van der Waals surface area contributed by atoms with Crippen molar-refractivity contribution >= 4 is 5.78 Å². The Balaban J connectivity index is 1.63. The van der Waals surface area contributed by atoms with E-state index in [2.05, 4.69) is 15.2 Å². The monoisotopic (exact) mass is 429 g/mol. The smallest absolute Gasteiger partial charge is 0.267 e. The molecule has 9 heteroatoms. The van der Waals surface area contributed by atoms with E-state index < -0.39 is 0 Å². The third kappa shape index (κ3) is 3.29. The summed E-state index contributed by atoms with van der Waals surface area (Å²) in [4.78, 5) is 9.05. The van der Waals surface area contributed by atoms with Crippen molar-refractivity contribution in [2.45, 2.75) is 0 Å². The fourth-order valence-electron chi connectivity index (χ4n) is 3.45. The third-order valence-corrected chi connectivity index (χ3v) is 5.03. The Hall–Kier alpha value is -4.40. The van der Waals surface area contributed by atoms with Crippen LogP contribution in [0.4, 0.5) is 0 Å². The van der Waals surface area contributed by atoms with Crippen LogP contribution in [0.3, 0.4) is 0 Å². The molecule has 0 saturated heterocycles. The lowest BCUT2D eigenvalue weighted by atomic mass is 10.1. The summed E-state index contributed by atoms with van der Waals surface area (Å²) in [7, 11) is 4.79. The van der Waals surface area contributed by atoms with Gasteiger partial charge in [-0.25, -0.2) is 9.97 Å². The maximum absolute atomic E-state index is 6.07. The normalized spacial score (nSPS) is 11.0. The van der Waals surface area contributed by atoms with Gasteiger partial charge in [0.1, 0.15) is 17.1 Å². The Morgan fingerprint density at radius 1 is 0.812 bits per heavy atom. The van der Waals surface area contributed by atoms with Gasteiger partial charge in [-0.05, 0) is 48.5 Å². The van der Waals surface area contributed by atoms with Crippen molar-refractivity contribution in [2.24, 2.45) is 0 Å². The summed E-state index contributed by atoms with van der Waals surface area (Å²) in [6.07, 6.45) is 3.55. The molecule has 5 aromatic rings. The first-order valence-corrected chi connectivity index (χ1v) is 9.75. The predicted octanol–water partition coefficient (Wildman–Crippen LogP) is 4.14.